The molecule has 1 aromatic carbocycles. The first-order valence-electron chi connectivity index (χ1n) is 7.49. The van der Waals surface area contributed by atoms with Gasteiger partial charge in [0.1, 0.15) is 5.57 Å². The van der Waals surface area contributed by atoms with Crippen LogP contribution in [0.25, 0.3) is 5.57 Å². The van der Waals surface area contributed by atoms with Crippen LogP contribution in [0.15, 0.2) is 65.6 Å². The Labute approximate surface area is 149 Å². The zero-order valence-corrected chi connectivity index (χ0v) is 14.1. The summed E-state index contributed by atoms with van der Waals surface area (Å²) in [5, 5.41) is 10.3. The number of halogens is 1. The number of nitrogens with one attached hydrogen (secondary N) is 2. The predicted molar refractivity (Wildman–Crippen MR) is 97.2 cm³/mol. The van der Waals surface area contributed by atoms with Gasteiger partial charge in [0, 0.05) is 29.2 Å². The number of hydrogen-bond donors (Lipinski definition) is 2. The van der Waals surface area contributed by atoms with Gasteiger partial charge < -0.3 is 15.2 Å². The van der Waals surface area contributed by atoms with Crippen LogP contribution in [0.4, 0.5) is 11.4 Å². The average molecular weight is 355 g/mol. The lowest BCUT2D eigenvalue weighted by atomic mass is 10.2. The van der Waals surface area contributed by atoms with E-state index in [1.165, 1.54) is 0 Å². The number of benzene rings is 1. The minimum Gasteiger partial charge on any atom is -0.361 e. The molecule has 0 saturated heterocycles. The second-order valence-electron chi connectivity index (χ2n) is 5.24. The molecule has 0 unspecified atom stereocenters. The molecule has 0 saturated carbocycles. The number of hydrogen-bond acceptors (Lipinski definition) is 5. The Morgan fingerprint density at radius 1 is 1.20 bits per heavy atom. The third-order valence-corrected chi connectivity index (χ3v) is 3.54. The zero-order chi connectivity index (χ0) is 17.6. The molecule has 0 fully saturated rings. The smallest absolute Gasteiger partial charge is 0.261 e. The molecule has 3 rings (SSSR count). The zero-order valence-electron chi connectivity index (χ0n) is 13.4. The molecule has 0 aliphatic rings. The monoisotopic (exact) mass is 354 g/mol. The van der Waals surface area contributed by atoms with Crippen molar-refractivity contribution in [2.24, 2.45) is 0 Å². The van der Waals surface area contributed by atoms with E-state index in [9.17, 15) is 4.79 Å². The van der Waals surface area contributed by atoms with Crippen LogP contribution in [0.5, 0.6) is 0 Å². The van der Waals surface area contributed by atoms with Crippen molar-refractivity contribution in [1.82, 2.24) is 10.1 Å². The average Bonchev–Trinajstić information content (AvgIpc) is 3.04. The Hall–Kier alpha value is -3.12. The largest absolute Gasteiger partial charge is 0.361 e. The summed E-state index contributed by atoms with van der Waals surface area (Å²) >= 11 is 5.88. The Kier molecular flexibility index (Phi) is 5.11. The highest BCUT2D eigenvalue weighted by molar-refractivity contribution is 6.30. The summed E-state index contributed by atoms with van der Waals surface area (Å²) in [6.07, 6.45) is 4.76. The maximum absolute atomic E-state index is 12.6. The van der Waals surface area contributed by atoms with E-state index in [0.717, 1.165) is 5.69 Å². The van der Waals surface area contributed by atoms with E-state index in [4.69, 9.17) is 16.1 Å². The number of amides is 1. The van der Waals surface area contributed by atoms with Gasteiger partial charge in [-0.05, 0) is 43.3 Å². The summed E-state index contributed by atoms with van der Waals surface area (Å²) in [6, 6.07) is 12.3. The molecule has 2 heterocycles. The van der Waals surface area contributed by atoms with Crippen LogP contribution in [0.3, 0.4) is 0 Å². The van der Waals surface area contributed by atoms with E-state index >= 15 is 0 Å². The summed E-state index contributed by atoms with van der Waals surface area (Å²) < 4.78 is 5.24. The number of aryl methyl sites for hydroxylation is 1. The standard InChI is InChI=1S/C18H15ClN4O2/c1-12-9-17(25-23-12)16(11-21-14-6-4-13(19)5-7-14)18(24)22-15-3-2-8-20-10-15/h2-11,21H,1H3,(H,22,24)/b16-11-. The maximum atomic E-state index is 12.6. The summed E-state index contributed by atoms with van der Waals surface area (Å²) in [5.74, 6) is 0.0194. The minimum atomic E-state index is -0.342. The van der Waals surface area contributed by atoms with Crippen molar-refractivity contribution in [3.05, 3.63) is 77.5 Å². The fourth-order valence-corrected chi connectivity index (χ4v) is 2.20. The first-order valence-corrected chi connectivity index (χ1v) is 7.87. The van der Waals surface area contributed by atoms with Crippen molar-refractivity contribution >= 4 is 34.5 Å². The molecule has 7 heteroatoms. The fraction of sp³-hybridized carbons (Fsp3) is 0.0556. The van der Waals surface area contributed by atoms with Gasteiger partial charge in [-0.25, -0.2) is 0 Å². The lowest BCUT2D eigenvalue weighted by Gasteiger charge is -2.07. The Balaban J connectivity index is 1.85. The molecule has 25 heavy (non-hydrogen) atoms. The molecule has 3 aromatic rings. The van der Waals surface area contributed by atoms with Gasteiger partial charge in [-0.3, -0.25) is 9.78 Å². The van der Waals surface area contributed by atoms with Crippen LogP contribution < -0.4 is 10.6 Å². The summed E-state index contributed by atoms with van der Waals surface area (Å²) in [6.45, 7) is 1.79. The predicted octanol–water partition coefficient (Wildman–Crippen LogP) is 4.12. The summed E-state index contributed by atoms with van der Waals surface area (Å²) in [7, 11) is 0. The number of anilines is 2. The molecule has 0 aliphatic carbocycles. The van der Waals surface area contributed by atoms with Crippen LogP contribution in [0.2, 0.25) is 5.02 Å². The highest BCUT2D eigenvalue weighted by Gasteiger charge is 2.17. The minimum absolute atomic E-state index is 0.305. The van der Waals surface area contributed by atoms with Crippen molar-refractivity contribution < 1.29 is 9.32 Å². The molecular formula is C18H15ClN4O2. The van der Waals surface area contributed by atoms with E-state index in [2.05, 4.69) is 20.8 Å². The molecule has 2 aromatic heterocycles. The molecule has 0 spiro atoms. The Morgan fingerprint density at radius 2 is 2.00 bits per heavy atom. The lowest BCUT2D eigenvalue weighted by Crippen LogP contribution is -2.14. The van der Waals surface area contributed by atoms with Gasteiger partial charge >= 0.3 is 0 Å². The van der Waals surface area contributed by atoms with Crippen molar-refractivity contribution in [3.8, 4) is 0 Å². The van der Waals surface area contributed by atoms with E-state index in [1.807, 2.05) is 0 Å². The van der Waals surface area contributed by atoms with Gasteiger partial charge in [-0.1, -0.05) is 16.8 Å². The fourth-order valence-electron chi connectivity index (χ4n) is 2.08. The number of rotatable bonds is 5. The quantitative estimate of drug-likeness (QED) is 0.673. The van der Waals surface area contributed by atoms with Crippen LogP contribution in [0, 0.1) is 6.92 Å². The Morgan fingerprint density at radius 3 is 2.64 bits per heavy atom. The normalized spacial score (nSPS) is 11.2. The summed E-state index contributed by atoms with van der Waals surface area (Å²) in [4.78, 5) is 16.6. The molecular weight excluding hydrogens is 340 g/mol. The van der Waals surface area contributed by atoms with Gasteiger partial charge in [0.25, 0.3) is 5.91 Å². The third kappa shape index (κ3) is 4.45. The van der Waals surface area contributed by atoms with Crippen molar-refractivity contribution in [3.63, 3.8) is 0 Å². The SMILES string of the molecule is Cc1cc(/C(=C/Nc2ccc(Cl)cc2)C(=O)Nc2cccnc2)on1. The summed E-state index contributed by atoms with van der Waals surface area (Å²) in [5.41, 5.74) is 2.36. The second kappa shape index (κ2) is 7.63. The van der Waals surface area contributed by atoms with Crippen molar-refractivity contribution in [2.75, 3.05) is 10.6 Å². The molecule has 0 bridgehead atoms. The van der Waals surface area contributed by atoms with Gasteiger partial charge in [-0.15, -0.1) is 0 Å². The molecule has 0 aliphatic heterocycles. The van der Waals surface area contributed by atoms with Crippen LogP contribution in [0.1, 0.15) is 11.5 Å². The number of aromatic nitrogens is 2. The highest BCUT2D eigenvalue weighted by atomic mass is 35.5. The van der Waals surface area contributed by atoms with Gasteiger partial charge in [-0.2, -0.15) is 0 Å². The van der Waals surface area contributed by atoms with E-state index in [-0.39, 0.29) is 5.91 Å². The molecule has 0 atom stereocenters. The number of carbonyl (C=O) groups excluding carboxylic acids is 1. The Bertz CT molecular complexity index is 889. The molecule has 1 amide bonds. The molecule has 0 radical (unpaired) electrons. The second-order valence-corrected chi connectivity index (χ2v) is 5.67. The first-order chi connectivity index (χ1) is 12.1. The van der Waals surface area contributed by atoms with Gasteiger partial charge in [0.2, 0.25) is 0 Å². The van der Waals surface area contributed by atoms with Gasteiger partial charge in [0.15, 0.2) is 5.76 Å². The molecule has 126 valence electrons. The van der Waals surface area contributed by atoms with Crippen molar-refractivity contribution in [1.29, 1.82) is 0 Å². The third-order valence-electron chi connectivity index (χ3n) is 3.28. The van der Waals surface area contributed by atoms with Gasteiger partial charge in [0.05, 0.1) is 17.6 Å². The van der Waals surface area contributed by atoms with Crippen LogP contribution >= 0.6 is 11.6 Å². The van der Waals surface area contributed by atoms with E-state index in [1.54, 1.807) is 68.0 Å². The molecule has 2 N–H and O–H groups in total. The van der Waals surface area contributed by atoms with E-state index in [0.29, 0.717) is 27.7 Å². The number of nitrogens with zero attached hydrogens (tertiary/aromatic N) is 2. The first kappa shape index (κ1) is 16.7. The maximum Gasteiger partial charge on any atom is 0.261 e. The highest BCUT2D eigenvalue weighted by Crippen LogP contribution is 2.20. The van der Waals surface area contributed by atoms with Crippen LogP contribution in [-0.4, -0.2) is 16.0 Å². The van der Waals surface area contributed by atoms with Crippen LogP contribution in [-0.2, 0) is 4.79 Å². The van der Waals surface area contributed by atoms with Crippen molar-refractivity contribution in [2.45, 2.75) is 6.92 Å². The number of carbonyl (C=O) groups is 1. The topological polar surface area (TPSA) is 80.0 Å². The van der Waals surface area contributed by atoms with E-state index < -0.39 is 0 Å². The number of pyridine rings is 1. The lowest BCUT2D eigenvalue weighted by molar-refractivity contribution is -0.111. The molecule has 6 nitrogen and oxygen atoms in total.